The number of nitrogens with two attached hydrogens (primary N) is 1. The first-order valence-corrected chi connectivity index (χ1v) is 4.58. The maximum absolute atomic E-state index is 5.70. The Kier molecular flexibility index (Phi) is 1.76. The molecule has 2 N–H and O–H groups in total. The number of rotatable bonds is 1. The Bertz CT molecular complexity index is 631. The van der Waals surface area contributed by atoms with Crippen LogP contribution in [0.1, 0.15) is 0 Å². The smallest absolute Gasteiger partial charge is 0.252 e. The lowest BCUT2D eigenvalue weighted by Crippen LogP contribution is -2.03. The lowest BCUT2D eigenvalue weighted by atomic mass is 10.4. The van der Waals surface area contributed by atoms with Gasteiger partial charge in [-0.05, 0) is 6.07 Å². The van der Waals surface area contributed by atoms with Crippen LogP contribution in [0.15, 0.2) is 31.0 Å². The van der Waals surface area contributed by atoms with E-state index < -0.39 is 0 Å². The Morgan fingerprint density at radius 1 is 1.06 bits per heavy atom. The number of nitrogen functional groups attached to an aromatic ring is 1. The summed E-state index contributed by atoms with van der Waals surface area (Å²) in [5, 5.41) is 4.83. The third kappa shape index (κ3) is 1.18. The van der Waals surface area contributed by atoms with Crippen LogP contribution in [0, 0.1) is 0 Å². The first kappa shape index (κ1) is 8.72. The van der Waals surface area contributed by atoms with E-state index in [9.17, 15) is 0 Å². The summed E-state index contributed by atoms with van der Waals surface area (Å²) in [5.41, 5.74) is 6.30. The molecule has 78 valence electrons. The highest BCUT2D eigenvalue weighted by Crippen LogP contribution is 2.16. The number of nitrogens with zero attached hydrogens (tertiary/aromatic N) is 6. The monoisotopic (exact) mass is 213 g/mol. The van der Waals surface area contributed by atoms with Crippen molar-refractivity contribution in [3.63, 3.8) is 0 Å². The van der Waals surface area contributed by atoms with Crippen LogP contribution in [0.4, 0.5) is 5.82 Å². The predicted molar refractivity (Wildman–Crippen MR) is 56.7 cm³/mol. The van der Waals surface area contributed by atoms with Crippen LogP contribution >= 0.6 is 0 Å². The summed E-state index contributed by atoms with van der Waals surface area (Å²) in [4.78, 5) is 16.2. The zero-order valence-corrected chi connectivity index (χ0v) is 8.15. The van der Waals surface area contributed by atoms with Crippen LogP contribution in [-0.2, 0) is 0 Å². The molecule has 3 heterocycles. The van der Waals surface area contributed by atoms with Crippen LogP contribution < -0.4 is 5.73 Å². The molecule has 0 atom stereocenters. The number of hydrogen-bond donors (Lipinski definition) is 1. The molecule has 0 saturated carbocycles. The minimum Gasteiger partial charge on any atom is -0.383 e. The number of hydrogen-bond acceptors (Lipinski definition) is 6. The van der Waals surface area contributed by atoms with Crippen molar-refractivity contribution in [2.75, 3.05) is 5.73 Å². The zero-order chi connectivity index (χ0) is 11.0. The van der Waals surface area contributed by atoms with Gasteiger partial charge in [-0.25, -0.2) is 19.9 Å². The molecule has 3 aromatic heterocycles. The Hall–Kier alpha value is -2.57. The second-order valence-electron chi connectivity index (χ2n) is 3.10. The molecule has 0 aliphatic rings. The fourth-order valence-electron chi connectivity index (χ4n) is 1.41. The molecule has 0 aliphatic heterocycles. The molecule has 0 saturated heterocycles. The van der Waals surface area contributed by atoms with Crippen molar-refractivity contribution in [2.24, 2.45) is 0 Å². The second-order valence-corrected chi connectivity index (χ2v) is 3.10. The van der Waals surface area contributed by atoms with E-state index >= 15 is 0 Å². The second kappa shape index (κ2) is 3.23. The van der Waals surface area contributed by atoms with Crippen molar-refractivity contribution in [3.05, 3.63) is 31.0 Å². The molecule has 0 amide bonds. The third-order valence-electron chi connectivity index (χ3n) is 2.14. The van der Waals surface area contributed by atoms with E-state index in [2.05, 4.69) is 25.0 Å². The maximum Gasteiger partial charge on any atom is 0.252 e. The zero-order valence-electron chi connectivity index (χ0n) is 8.15. The van der Waals surface area contributed by atoms with E-state index in [0.717, 1.165) is 0 Å². The van der Waals surface area contributed by atoms with Gasteiger partial charge in [-0.3, -0.25) is 0 Å². The molecule has 7 heteroatoms. The summed E-state index contributed by atoms with van der Waals surface area (Å²) < 4.78 is 1.52. The van der Waals surface area contributed by atoms with Crippen LogP contribution in [0.3, 0.4) is 0 Å². The molecule has 0 bridgehead atoms. The van der Waals surface area contributed by atoms with Gasteiger partial charge in [0, 0.05) is 12.4 Å². The van der Waals surface area contributed by atoms with Crippen molar-refractivity contribution in [2.45, 2.75) is 0 Å². The van der Waals surface area contributed by atoms with E-state index in [0.29, 0.717) is 22.8 Å². The minimum atomic E-state index is 0.396. The van der Waals surface area contributed by atoms with Gasteiger partial charge in [0.2, 0.25) is 0 Å². The topological polar surface area (TPSA) is 95.4 Å². The van der Waals surface area contributed by atoms with E-state index in [1.54, 1.807) is 24.7 Å². The molecule has 3 rings (SSSR count). The highest BCUT2D eigenvalue weighted by Gasteiger charge is 2.09. The highest BCUT2D eigenvalue weighted by molar-refractivity contribution is 5.85. The van der Waals surface area contributed by atoms with Gasteiger partial charge in [0.15, 0.2) is 5.65 Å². The number of anilines is 1. The minimum absolute atomic E-state index is 0.396. The molecule has 0 unspecified atom stereocenters. The first-order chi connectivity index (χ1) is 7.86. The van der Waals surface area contributed by atoms with Crippen molar-refractivity contribution >= 4 is 16.9 Å². The highest BCUT2D eigenvalue weighted by atomic mass is 15.4. The normalized spacial score (nSPS) is 10.8. The van der Waals surface area contributed by atoms with Gasteiger partial charge >= 0.3 is 0 Å². The third-order valence-corrected chi connectivity index (χ3v) is 2.14. The van der Waals surface area contributed by atoms with Crippen LogP contribution in [0.25, 0.3) is 17.0 Å². The molecule has 0 aliphatic carbocycles. The molecule has 16 heavy (non-hydrogen) atoms. The Morgan fingerprint density at radius 2 is 1.88 bits per heavy atom. The van der Waals surface area contributed by atoms with E-state index in [-0.39, 0.29) is 0 Å². The van der Waals surface area contributed by atoms with E-state index in [4.69, 9.17) is 5.73 Å². The Balaban J connectivity index is 2.30. The van der Waals surface area contributed by atoms with Gasteiger partial charge in [-0.2, -0.15) is 9.78 Å². The standard InChI is InChI=1S/C9H7N7/c10-7-6-4-15-16(8(6)14-5-13-7)9-11-2-1-3-12-9/h1-5H,(H2,10,13,14). The maximum atomic E-state index is 5.70. The Morgan fingerprint density at radius 3 is 2.69 bits per heavy atom. The van der Waals surface area contributed by atoms with Crippen molar-refractivity contribution in [3.8, 4) is 5.95 Å². The molecular formula is C9H7N7. The summed E-state index contributed by atoms with van der Waals surface area (Å²) in [7, 11) is 0. The van der Waals surface area contributed by atoms with Crippen LogP contribution in [-0.4, -0.2) is 29.7 Å². The lowest BCUT2D eigenvalue weighted by Gasteiger charge is -1.99. The summed E-state index contributed by atoms with van der Waals surface area (Å²) in [6.45, 7) is 0. The van der Waals surface area contributed by atoms with Gasteiger partial charge in [-0.1, -0.05) is 0 Å². The van der Waals surface area contributed by atoms with Gasteiger partial charge in [0.1, 0.15) is 12.1 Å². The number of fused-ring (bicyclic) bond motifs is 1. The van der Waals surface area contributed by atoms with Crippen molar-refractivity contribution in [1.29, 1.82) is 0 Å². The molecule has 0 fully saturated rings. The summed E-state index contributed by atoms with van der Waals surface area (Å²) >= 11 is 0. The largest absolute Gasteiger partial charge is 0.383 e. The Labute approximate surface area is 90.0 Å². The fraction of sp³-hybridized carbons (Fsp3) is 0. The molecule has 0 spiro atoms. The van der Waals surface area contributed by atoms with Crippen molar-refractivity contribution < 1.29 is 0 Å². The average Bonchev–Trinajstić information content (AvgIpc) is 2.75. The average molecular weight is 213 g/mol. The lowest BCUT2D eigenvalue weighted by molar-refractivity contribution is 0.822. The summed E-state index contributed by atoms with van der Waals surface area (Å²) in [6, 6.07) is 1.73. The van der Waals surface area contributed by atoms with Crippen LogP contribution in [0.2, 0.25) is 0 Å². The van der Waals surface area contributed by atoms with Gasteiger partial charge in [0.25, 0.3) is 5.95 Å². The molecule has 3 aromatic rings. The van der Waals surface area contributed by atoms with Gasteiger partial charge in [-0.15, -0.1) is 0 Å². The number of aromatic nitrogens is 6. The van der Waals surface area contributed by atoms with Crippen LogP contribution in [0.5, 0.6) is 0 Å². The fourth-order valence-corrected chi connectivity index (χ4v) is 1.41. The van der Waals surface area contributed by atoms with Gasteiger partial charge < -0.3 is 5.73 Å². The molecule has 7 nitrogen and oxygen atoms in total. The molecule has 0 radical (unpaired) electrons. The summed E-state index contributed by atoms with van der Waals surface area (Å²) in [6.07, 6.45) is 6.26. The SMILES string of the molecule is Nc1ncnc2c1cnn2-c1ncccn1. The van der Waals surface area contributed by atoms with E-state index in [1.807, 2.05) is 0 Å². The van der Waals surface area contributed by atoms with Gasteiger partial charge in [0.05, 0.1) is 11.6 Å². The van der Waals surface area contributed by atoms with E-state index in [1.165, 1.54) is 11.0 Å². The first-order valence-electron chi connectivity index (χ1n) is 4.58. The quantitative estimate of drug-likeness (QED) is 0.619. The van der Waals surface area contributed by atoms with Crippen molar-refractivity contribution in [1.82, 2.24) is 29.7 Å². The molecular weight excluding hydrogens is 206 g/mol. The molecule has 0 aromatic carbocycles. The summed E-state index contributed by atoms with van der Waals surface area (Å²) in [5.74, 6) is 0.850. The predicted octanol–water partition coefficient (Wildman–Crippen LogP) is 0.188.